The Bertz CT molecular complexity index is 655. The summed E-state index contributed by atoms with van der Waals surface area (Å²) in [6, 6.07) is 10.6. The Hall–Kier alpha value is -1.90. The molecule has 3 heteroatoms. The maximum absolute atomic E-state index is 4.29. The van der Waals surface area contributed by atoms with E-state index in [4.69, 9.17) is 0 Å². The van der Waals surface area contributed by atoms with Gasteiger partial charge in [0, 0.05) is 5.39 Å². The summed E-state index contributed by atoms with van der Waals surface area (Å²) >= 11 is 0. The molecule has 0 aliphatic rings. The standard InChI is InChI=1S/C14H15N3/c1-2-3-6-11-9-10-7-4-5-8-12(10)14-13(11)15-17-16-14/h4-5,7-9H,2-3,6H2,1H3,(H,15,16,17). The first-order chi connectivity index (χ1) is 8.40. The number of aromatic nitrogens is 3. The third-order valence-corrected chi connectivity index (χ3v) is 3.20. The minimum Gasteiger partial charge on any atom is -0.197 e. The van der Waals surface area contributed by atoms with Crippen LogP contribution in [0.5, 0.6) is 0 Å². The van der Waals surface area contributed by atoms with E-state index in [1.165, 1.54) is 29.2 Å². The zero-order chi connectivity index (χ0) is 11.7. The number of aromatic amines is 1. The summed E-state index contributed by atoms with van der Waals surface area (Å²) in [6.45, 7) is 2.21. The molecule has 0 saturated heterocycles. The van der Waals surface area contributed by atoms with Gasteiger partial charge in [-0.25, -0.2) is 0 Å². The van der Waals surface area contributed by atoms with Crippen LogP contribution in [0.25, 0.3) is 21.8 Å². The van der Waals surface area contributed by atoms with Crippen LogP contribution in [-0.4, -0.2) is 15.4 Å². The summed E-state index contributed by atoms with van der Waals surface area (Å²) in [5, 5.41) is 13.7. The average molecular weight is 225 g/mol. The summed E-state index contributed by atoms with van der Waals surface area (Å²) in [6.07, 6.45) is 3.47. The Morgan fingerprint density at radius 2 is 1.94 bits per heavy atom. The lowest BCUT2D eigenvalue weighted by Gasteiger charge is -2.04. The molecule has 0 aliphatic heterocycles. The number of rotatable bonds is 3. The fourth-order valence-electron chi connectivity index (χ4n) is 2.29. The van der Waals surface area contributed by atoms with Gasteiger partial charge < -0.3 is 0 Å². The Morgan fingerprint density at radius 3 is 2.82 bits per heavy atom. The van der Waals surface area contributed by atoms with Gasteiger partial charge in [-0.2, -0.15) is 15.4 Å². The number of nitrogens with zero attached hydrogens (tertiary/aromatic N) is 2. The quantitative estimate of drug-likeness (QED) is 0.741. The molecule has 86 valence electrons. The fraction of sp³-hybridized carbons (Fsp3) is 0.286. The normalized spacial score (nSPS) is 11.4. The topological polar surface area (TPSA) is 41.6 Å². The largest absolute Gasteiger partial charge is 0.197 e. The smallest absolute Gasteiger partial charge is 0.121 e. The summed E-state index contributed by atoms with van der Waals surface area (Å²) in [5.74, 6) is 0. The van der Waals surface area contributed by atoms with Gasteiger partial charge in [0.1, 0.15) is 11.0 Å². The molecule has 0 spiro atoms. The highest BCUT2D eigenvalue weighted by Crippen LogP contribution is 2.26. The van der Waals surface area contributed by atoms with Crippen molar-refractivity contribution in [2.75, 3.05) is 0 Å². The first kappa shape index (κ1) is 10.3. The number of fused-ring (bicyclic) bond motifs is 3. The van der Waals surface area contributed by atoms with Crippen LogP contribution < -0.4 is 0 Å². The van der Waals surface area contributed by atoms with Crippen molar-refractivity contribution in [1.29, 1.82) is 0 Å². The number of unbranched alkanes of at least 4 members (excludes halogenated alkanes) is 1. The first-order valence-corrected chi connectivity index (χ1v) is 6.11. The summed E-state index contributed by atoms with van der Waals surface area (Å²) in [5.41, 5.74) is 3.32. The molecule has 3 rings (SSSR count). The maximum Gasteiger partial charge on any atom is 0.121 e. The molecular formula is C14H15N3. The van der Waals surface area contributed by atoms with Crippen molar-refractivity contribution >= 4 is 21.8 Å². The van der Waals surface area contributed by atoms with E-state index in [0.29, 0.717) is 0 Å². The SMILES string of the molecule is CCCCc1cc2ccccc2c2n[nH]nc12. The summed E-state index contributed by atoms with van der Waals surface area (Å²) in [7, 11) is 0. The third kappa shape index (κ3) is 1.68. The van der Waals surface area contributed by atoms with Crippen molar-refractivity contribution in [3.8, 4) is 0 Å². The van der Waals surface area contributed by atoms with Crippen molar-refractivity contribution in [2.24, 2.45) is 0 Å². The number of hydrogen-bond donors (Lipinski definition) is 1. The van der Waals surface area contributed by atoms with Crippen LogP contribution in [0.4, 0.5) is 0 Å². The lowest BCUT2D eigenvalue weighted by atomic mass is 10.0. The molecule has 2 aromatic carbocycles. The van der Waals surface area contributed by atoms with E-state index in [0.717, 1.165) is 17.5 Å². The Labute approximate surface area is 99.8 Å². The van der Waals surface area contributed by atoms with E-state index in [1.54, 1.807) is 0 Å². The maximum atomic E-state index is 4.29. The van der Waals surface area contributed by atoms with Gasteiger partial charge >= 0.3 is 0 Å². The van der Waals surface area contributed by atoms with Gasteiger partial charge in [0.15, 0.2) is 0 Å². The lowest BCUT2D eigenvalue weighted by molar-refractivity contribution is 0.797. The summed E-state index contributed by atoms with van der Waals surface area (Å²) in [4.78, 5) is 0. The molecule has 0 bridgehead atoms. The number of nitrogens with one attached hydrogen (secondary N) is 1. The molecule has 1 N–H and O–H groups in total. The predicted molar refractivity (Wildman–Crippen MR) is 70.0 cm³/mol. The van der Waals surface area contributed by atoms with Gasteiger partial charge in [-0.1, -0.05) is 37.6 Å². The Kier molecular flexibility index (Phi) is 2.52. The number of H-pyrrole nitrogens is 1. The summed E-state index contributed by atoms with van der Waals surface area (Å²) < 4.78 is 0. The number of hydrogen-bond acceptors (Lipinski definition) is 2. The van der Waals surface area contributed by atoms with Crippen LogP contribution >= 0.6 is 0 Å². The van der Waals surface area contributed by atoms with Crippen molar-refractivity contribution in [2.45, 2.75) is 26.2 Å². The second-order valence-electron chi connectivity index (χ2n) is 4.38. The highest BCUT2D eigenvalue weighted by atomic mass is 15.3. The van der Waals surface area contributed by atoms with E-state index in [-0.39, 0.29) is 0 Å². The third-order valence-electron chi connectivity index (χ3n) is 3.20. The van der Waals surface area contributed by atoms with Gasteiger partial charge in [0.05, 0.1) is 0 Å². The molecule has 0 fully saturated rings. The Balaban J connectivity index is 2.28. The highest BCUT2D eigenvalue weighted by molar-refractivity contribution is 6.05. The van der Waals surface area contributed by atoms with Crippen molar-refractivity contribution in [3.63, 3.8) is 0 Å². The lowest BCUT2D eigenvalue weighted by Crippen LogP contribution is -1.88. The molecule has 17 heavy (non-hydrogen) atoms. The highest BCUT2D eigenvalue weighted by Gasteiger charge is 2.09. The zero-order valence-corrected chi connectivity index (χ0v) is 9.90. The molecule has 0 atom stereocenters. The molecule has 0 unspecified atom stereocenters. The zero-order valence-electron chi connectivity index (χ0n) is 9.90. The molecule has 3 nitrogen and oxygen atoms in total. The predicted octanol–water partition coefficient (Wildman–Crippen LogP) is 3.45. The van der Waals surface area contributed by atoms with Crippen molar-refractivity contribution in [1.82, 2.24) is 15.4 Å². The van der Waals surface area contributed by atoms with Crippen LogP contribution in [0.15, 0.2) is 30.3 Å². The molecule has 1 heterocycles. The fourth-order valence-corrected chi connectivity index (χ4v) is 2.29. The van der Waals surface area contributed by atoms with Gasteiger partial charge in [0.2, 0.25) is 0 Å². The minimum absolute atomic E-state index is 0.995. The molecule has 0 saturated carbocycles. The van der Waals surface area contributed by atoms with Crippen LogP contribution in [0, 0.1) is 0 Å². The van der Waals surface area contributed by atoms with Crippen LogP contribution in [0.1, 0.15) is 25.3 Å². The molecule has 0 aliphatic carbocycles. The Morgan fingerprint density at radius 1 is 1.12 bits per heavy atom. The van der Waals surface area contributed by atoms with Crippen LogP contribution in [-0.2, 0) is 6.42 Å². The van der Waals surface area contributed by atoms with Crippen molar-refractivity contribution in [3.05, 3.63) is 35.9 Å². The van der Waals surface area contributed by atoms with E-state index < -0.39 is 0 Å². The van der Waals surface area contributed by atoms with E-state index in [2.05, 4.69) is 46.6 Å². The monoisotopic (exact) mass is 225 g/mol. The van der Waals surface area contributed by atoms with Gasteiger partial charge in [-0.15, -0.1) is 0 Å². The van der Waals surface area contributed by atoms with Gasteiger partial charge in [-0.3, -0.25) is 0 Å². The van der Waals surface area contributed by atoms with E-state index in [1.807, 2.05) is 6.07 Å². The van der Waals surface area contributed by atoms with Gasteiger partial charge in [0.25, 0.3) is 0 Å². The number of benzene rings is 2. The van der Waals surface area contributed by atoms with Gasteiger partial charge in [-0.05, 0) is 29.9 Å². The second kappa shape index (κ2) is 4.17. The van der Waals surface area contributed by atoms with E-state index in [9.17, 15) is 0 Å². The molecule has 3 aromatic rings. The minimum atomic E-state index is 0.995. The average Bonchev–Trinajstić information content (AvgIpc) is 2.85. The molecular weight excluding hydrogens is 210 g/mol. The molecule has 1 aromatic heterocycles. The molecule has 0 amide bonds. The van der Waals surface area contributed by atoms with Crippen molar-refractivity contribution < 1.29 is 0 Å². The first-order valence-electron chi connectivity index (χ1n) is 6.11. The van der Waals surface area contributed by atoms with E-state index >= 15 is 0 Å². The second-order valence-corrected chi connectivity index (χ2v) is 4.38. The molecule has 0 radical (unpaired) electrons. The van der Waals surface area contributed by atoms with Crippen LogP contribution in [0.3, 0.4) is 0 Å². The van der Waals surface area contributed by atoms with Crippen LogP contribution in [0.2, 0.25) is 0 Å². The number of aryl methyl sites for hydroxylation is 1.